The summed E-state index contributed by atoms with van der Waals surface area (Å²) in [6.45, 7) is 9.83. The zero-order valence-electron chi connectivity index (χ0n) is 18.7. The Labute approximate surface area is 185 Å². The monoisotopic (exact) mass is 423 g/mol. The number of nitrogens with one attached hydrogen (secondary N) is 2. The third-order valence-electron chi connectivity index (χ3n) is 5.38. The quantitative estimate of drug-likeness (QED) is 0.710. The first-order valence-electron chi connectivity index (χ1n) is 10.9. The molecule has 1 aliphatic heterocycles. The summed E-state index contributed by atoms with van der Waals surface area (Å²) in [4.78, 5) is 26.5. The highest BCUT2D eigenvalue weighted by Gasteiger charge is 2.15. The first-order valence-corrected chi connectivity index (χ1v) is 10.9. The summed E-state index contributed by atoms with van der Waals surface area (Å²) < 4.78 is 5.30. The zero-order chi connectivity index (χ0) is 22.3. The Morgan fingerprint density at radius 3 is 1.97 bits per heavy atom. The van der Waals surface area contributed by atoms with Gasteiger partial charge in [0.1, 0.15) is 0 Å². The number of nitrogens with zero attached hydrogens (tertiary/aromatic N) is 1. The number of aryl methyl sites for hydroxylation is 1. The van der Waals surface area contributed by atoms with Gasteiger partial charge in [0.25, 0.3) is 0 Å². The third-order valence-corrected chi connectivity index (χ3v) is 5.38. The van der Waals surface area contributed by atoms with E-state index in [4.69, 9.17) is 4.74 Å². The van der Waals surface area contributed by atoms with Crippen molar-refractivity contribution in [1.82, 2.24) is 4.90 Å². The van der Waals surface area contributed by atoms with Gasteiger partial charge in [0.15, 0.2) is 0 Å². The Balaban J connectivity index is 1.42. The van der Waals surface area contributed by atoms with E-state index in [9.17, 15) is 9.59 Å². The van der Waals surface area contributed by atoms with E-state index >= 15 is 0 Å². The highest BCUT2D eigenvalue weighted by Crippen LogP contribution is 2.22. The molecule has 2 aromatic carbocycles. The number of carbonyl (C=O) groups excluding carboxylic acids is 2. The van der Waals surface area contributed by atoms with E-state index in [0.29, 0.717) is 32.6 Å². The molecule has 2 aromatic rings. The van der Waals surface area contributed by atoms with Gasteiger partial charge >= 0.3 is 0 Å². The summed E-state index contributed by atoms with van der Waals surface area (Å²) in [6, 6.07) is 15.7. The van der Waals surface area contributed by atoms with Gasteiger partial charge in [-0.05, 0) is 47.2 Å². The molecule has 2 N–H and O–H groups in total. The van der Waals surface area contributed by atoms with Crippen LogP contribution in [0.2, 0.25) is 0 Å². The SMILES string of the molecule is CC(C)(C)c1ccc(CCC(=O)Nc2ccc(NC(=O)CN3CCOCC3)cc2)cc1. The molecule has 0 atom stereocenters. The van der Waals surface area contributed by atoms with Crippen LogP contribution in [0.15, 0.2) is 48.5 Å². The van der Waals surface area contributed by atoms with Crippen LogP contribution >= 0.6 is 0 Å². The van der Waals surface area contributed by atoms with Crippen molar-refractivity contribution in [1.29, 1.82) is 0 Å². The lowest BCUT2D eigenvalue weighted by Crippen LogP contribution is -2.41. The zero-order valence-corrected chi connectivity index (χ0v) is 18.7. The number of amides is 2. The second-order valence-corrected chi connectivity index (χ2v) is 9.01. The van der Waals surface area contributed by atoms with Gasteiger partial charge < -0.3 is 15.4 Å². The summed E-state index contributed by atoms with van der Waals surface area (Å²) in [5.41, 5.74) is 4.01. The van der Waals surface area contributed by atoms with Crippen LogP contribution < -0.4 is 10.6 Å². The molecule has 2 amide bonds. The average molecular weight is 424 g/mol. The topological polar surface area (TPSA) is 70.7 Å². The Bertz CT molecular complexity index is 864. The second-order valence-electron chi connectivity index (χ2n) is 9.01. The van der Waals surface area contributed by atoms with Crippen LogP contribution in [-0.2, 0) is 26.2 Å². The van der Waals surface area contributed by atoms with Crippen molar-refractivity contribution in [2.24, 2.45) is 0 Å². The lowest BCUT2D eigenvalue weighted by Gasteiger charge is -2.25. The van der Waals surface area contributed by atoms with Gasteiger partial charge in [0, 0.05) is 30.9 Å². The number of ether oxygens (including phenoxy) is 1. The maximum absolute atomic E-state index is 12.3. The highest BCUT2D eigenvalue weighted by molar-refractivity contribution is 5.93. The number of carbonyl (C=O) groups is 2. The van der Waals surface area contributed by atoms with E-state index in [2.05, 4.69) is 60.6 Å². The minimum atomic E-state index is -0.0452. The van der Waals surface area contributed by atoms with E-state index in [1.807, 2.05) is 0 Å². The summed E-state index contributed by atoms with van der Waals surface area (Å²) in [5.74, 6) is -0.0693. The number of anilines is 2. The Hall–Kier alpha value is -2.70. The van der Waals surface area contributed by atoms with Crippen molar-refractivity contribution < 1.29 is 14.3 Å². The number of hydrogen-bond donors (Lipinski definition) is 2. The van der Waals surface area contributed by atoms with Crippen LogP contribution in [0, 0.1) is 0 Å². The van der Waals surface area contributed by atoms with Crippen LogP contribution in [0.25, 0.3) is 0 Å². The molecule has 0 spiro atoms. The van der Waals surface area contributed by atoms with Gasteiger partial charge in [-0.15, -0.1) is 0 Å². The summed E-state index contributed by atoms with van der Waals surface area (Å²) >= 11 is 0. The standard InChI is InChI=1S/C25H33N3O3/c1-25(2,3)20-7-4-19(5-8-20)6-13-23(29)26-21-9-11-22(12-10-21)27-24(30)18-28-14-16-31-17-15-28/h4-5,7-12H,6,13-18H2,1-3H3,(H,26,29)(H,27,30). The number of rotatable bonds is 7. The van der Waals surface area contributed by atoms with Gasteiger partial charge in [-0.1, -0.05) is 45.0 Å². The minimum Gasteiger partial charge on any atom is -0.379 e. The molecule has 0 unspecified atom stereocenters. The normalized spacial score (nSPS) is 14.8. The van der Waals surface area contributed by atoms with Gasteiger partial charge in [-0.3, -0.25) is 14.5 Å². The van der Waals surface area contributed by atoms with Crippen LogP contribution in [-0.4, -0.2) is 49.6 Å². The molecule has 1 heterocycles. The van der Waals surface area contributed by atoms with E-state index in [1.165, 1.54) is 5.56 Å². The Morgan fingerprint density at radius 2 is 1.42 bits per heavy atom. The maximum Gasteiger partial charge on any atom is 0.238 e. The van der Waals surface area contributed by atoms with Crippen LogP contribution in [0.5, 0.6) is 0 Å². The second kappa shape index (κ2) is 10.6. The van der Waals surface area contributed by atoms with Crippen molar-refractivity contribution in [3.8, 4) is 0 Å². The molecule has 1 aliphatic rings. The molecule has 0 saturated carbocycles. The van der Waals surface area contributed by atoms with Crippen LogP contribution in [0.4, 0.5) is 11.4 Å². The van der Waals surface area contributed by atoms with Crippen molar-refractivity contribution in [2.75, 3.05) is 43.5 Å². The predicted octanol–water partition coefficient (Wildman–Crippen LogP) is 3.83. The molecular formula is C25H33N3O3. The maximum atomic E-state index is 12.3. The fourth-order valence-corrected chi connectivity index (χ4v) is 3.45. The fourth-order valence-electron chi connectivity index (χ4n) is 3.45. The Morgan fingerprint density at radius 1 is 0.871 bits per heavy atom. The van der Waals surface area contributed by atoms with Crippen molar-refractivity contribution in [2.45, 2.75) is 39.0 Å². The molecular weight excluding hydrogens is 390 g/mol. The van der Waals surface area contributed by atoms with Gasteiger partial charge in [-0.2, -0.15) is 0 Å². The first kappa shape index (κ1) is 23.0. The summed E-state index contributed by atoms with van der Waals surface area (Å²) in [5, 5.41) is 5.82. The summed E-state index contributed by atoms with van der Waals surface area (Å²) in [6.07, 6.45) is 1.12. The minimum absolute atomic E-state index is 0.0241. The predicted molar refractivity (Wildman–Crippen MR) is 124 cm³/mol. The largest absolute Gasteiger partial charge is 0.379 e. The van der Waals surface area contributed by atoms with E-state index < -0.39 is 0 Å². The summed E-state index contributed by atoms with van der Waals surface area (Å²) in [7, 11) is 0. The average Bonchev–Trinajstić information content (AvgIpc) is 2.74. The molecule has 0 aromatic heterocycles. The lowest BCUT2D eigenvalue weighted by atomic mass is 9.86. The van der Waals surface area contributed by atoms with Crippen molar-refractivity contribution in [3.63, 3.8) is 0 Å². The lowest BCUT2D eigenvalue weighted by molar-refractivity contribution is -0.118. The molecule has 3 rings (SSSR count). The molecule has 0 bridgehead atoms. The molecule has 6 nitrogen and oxygen atoms in total. The molecule has 31 heavy (non-hydrogen) atoms. The number of morpholine rings is 1. The van der Waals surface area contributed by atoms with Gasteiger partial charge in [0.2, 0.25) is 11.8 Å². The van der Waals surface area contributed by atoms with E-state index in [1.54, 1.807) is 24.3 Å². The molecule has 6 heteroatoms. The Kier molecular flexibility index (Phi) is 7.82. The molecule has 1 fully saturated rings. The number of benzene rings is 2. The third kappa shape index (κ3) is 7.49. The first-order chi connectivity index (χ1) is 14.8. The highest BCUT2D eigenvalue weighted by atomic mass is 16.5. The number of hydrogen-bond acceptors (Lipinski definition) is 4. The molecule has 166 valence electrons. The van der Waals surface area contributed by atoms with Gasteiger partial charge in [-0.25, -0.2) is 0 Å². The molecule has 0 radical (unpaired) electrons. The van der Waals surface area contributed by atoms with E-state index in [0.717, 1.165) is 30.0 Å². The molecule has 1 saturated heterocycles. The van der Waals surface area contributed by atoms with Crippen molar-refractivity contribution >= 4 is 23.2 Å². The smallest absolute Gasteiger partial charge is 0.238 e. The van der Waals surface area contributed by atoms with Crippen molar-refractivity contribution in [3.05, 3.63) is 59.7 Å². The van der Waals surface area contributed by atoms with E-state index in [-0.39, 0.29) is 17.2 Å². The fraction of sp³-hybridized carbons (Fsp3) is 0.440. The van der Waals surface area contributed by atoms with Crippen LogP contribution in [0.1, 0.15) is 38.3 Å². The molecule has 0 aliphatic carbocycles. The van der Waals surface area contributed by atoms with Gasteiger partial charge in [0.05, 0.1) is 19.8 Å². The van der Waals surface area contributed by atoms with Crippen LogP contribution in [0.3, 0.4) is 0 Å².